The van der Waals surface area contributed by atoms with Crippen LogP contribution in [0.5, 0.6) is 0 Å². The molecule has 14 heavy (non-hydrogen) atoms. The van der Waals surface area contributed by atoms with Crippen LogP contribution in [0.25, 0.3) is 0 Å². The van der Waals surface area contributed by atoms with Crippen molar-refractivity contribution in [3.8, 4) is 0 Å². The lowest BCUT2D eigenvalue weighted by molar-refractivity contribution is 0.0554. The molecule has 2 fully saturated rings. The van der Waals surface area contributed by atoms with E-state index in [1.165, 1.54) is 19.3 Å². The van der Waals surface area contributed by atoms with E-state index in [1.807, 2.05) is 0 Å². The van der Waals surface area contributed by atoms with Crippen LogP contribution in [0.4, 0.5) is 0 Å². The fourth-order valence-electron chi connectivity index (χ4n) is 2.23. The van der Waals surface area contributed by atoms with Gasteiger partial charge in [0.1, 0.15) is 0 Å². The first-order chi connectivity index (χ1) is 6.84. The first kappa shape index (κ1) is 10.4. The summed E-state index contributed by atoms with van der Waals surface area (Å²) in [5.41, 5.74) is 0. The van der Waals surface area contributed by atoms with Crippen LogP contribution in [0.3, 0.4) is 0 Å². The Labute approximate surface area is 86.2 Å². The molecule has 0 aromatic carbocycles. The molecule has 3 atom stereocenters. The molecule has 2 aliphatic rings. The zero-order valence-electron chi connectivity index (χ0n) is 9.00. The minimum atomic E-state index is 0.451. The molecule has 2 aliphatic heterocycles. The summed E-state index contributed by atoms with van der Waals surface area (Å²) in [5.74, 6) is 0.730. The fraction of sp³-hybridized carbons (Fsp3) is 1.00. The monoisotopic (exact) mass is 199 g/mol. The summed E-state index contributed by atoms with van der Waals surface area (Å²) in [5, 5.41) is 3.48. The predicted octanol–water partition coefficient (Wildman–Crippen LogP) is 1.18. The molecular weight excluding hydrogens is 178 g/mol. The molecule has 0 radical (unpaired) electrons. The van der Waals surface area contributed by atoms with E-state index in [0.29, 0.717) is 12.2 Å². The first-order valence-electron chi connectivity index (χ1n) is 5.78. The summed E-state index contributed by atoms with van der Waals surface area (Å²) >= 11 is 0. The van der Waals surface area contributed by atoms with Crippen molar-refractivity contribution in [2.75, 3.05) is 26.3 Å². The summed E-state index contributed by atoms with van der Waals surface area (Å²) in [6, 6.07) is 0. The number of nitrogens with one attached hydrogen (secondary N) is 1. The van der Waals surface area contributed by atoms with Crippen molar-refractivity contribution < 1.29 is 9.47 Å². The van der Waals surface area contributed by atoms with Gasteiger partial charge in [-0.15, -0.1) is 0 Å². The molecule has 0 saturated carbocycles. The van der Waals surface area contributed by atoms with Crippen LogP contribution in [0.2, 0.25) is 0 Å². The molecule has 82 valence electrons. The molecule has 3 heteroatoms. The van der Waals surface area contributed by atoms with E-state index >= 15 is 0 Å². The highest BCUT2D eigenvalue weighted by atomic mass is 16.5. The van der Waals surface area contributed by atoms with Crippen LogP contribution >= 0.6 is 0 Å². The smallest absolute Gasteiger partial charge is 0.0704 e. The van der Waals surface area contributed by atoms with Gasteiger partial charge < -0.3 is 14.8 Å². The number of hydrogen-bond donors (Lipinski definition) is 1. The lowest BCUT2D eigenvalue weighted by Gasteiger charge is -2.14. The normalized spacial score (nSPS) is 37.9. The lowest BCUT2D eigenvalue weighted by atomic mass is 10.1. The fourth-order valence-corrected chi connectivity index (χ4v) is 2.23. The third-order valence-electron chi connectivity index (χ3n) is 3.15. The Morgan fingerprint density at radius 3 is 2.79 bits per heavy atom. The van der Waals surface area contributed by atoms with Gasteiger partial charge in [-0.2, -0.15) is 0 Å². The van der Waals surface area contributed by atoms with Gasteiger partial charge in [-0.05, 0) is 32.1 Å². The van der Waals surface area contributed by atoms with Crippen molar-refractivity contribution >= 4 is 0 Å². The molecule has 0 spiro atoms. The largest absolute Gasteiger partial charge is 0.381 e. The van der Waals surface area contributed by atoms with Gasteiger partial charge in [0.2, 0.25) is 0 Å². The lowest BCUT2D eigenvalue weighted by Crippen LogP contribution is -2.31. The third-order valence-corrected chi connectivity index (χ3v) is 3.15. The second-order valence-corrected chi connectivity index (χ2v) is 4.53. The van der Waals surface area contributed by atoms with Gasteiger partial charge in [-0.3, -0.25) is 0 Å². The van der Waals surface area contributed by atoms with Crippen molar-refractivity contribution in [1.82, 2.24) is 5.32 Å². The third kappa shape index (κ3) is 2.94. The average Bonchev–Trinajstić information content (AvgIpc) is 2.77. The average molecular weight is 199 g/mol. The zero-order chi connectivity index (χ0) is 9.80. The van der Waals surface area contributed by atoms with Gasteiger partial charge in [0.15, 0.2) is 0 Å². The van der Waals surface area contributed by atoms with E-state index in [2.05, 4.69) is 12.2 Å². The van der Waals surface area contributed by atoms with Gasteiger partial charge in [0, 0.05) is 19.7 Å². The van der Waals surface area contributed by atoms with E-state index in [1.54, 1.807) is 0 Å². The number of ether oxygens (including phenoxy) is 2. The van der Waals surface area contributed by atoms with Gasteiger partial charge in [-0.25, -0.2) is 0 Å². The first-order valence-corrected chi connectivity index (χ1v) is 5.78. The van der Waals surface area contributed by atoms with Crippen molar-refractivity contribution in [3.05, 3.63) is 0 Å². The van der Waals surface area contributed by atoms with Gasteiger partial charge in [-0.1, -0.05) is 0 Å². The molecule has 0 aromatic heterocycles. The van der Waals surface area contributed by atoms with Crippen molar-refractivity contribution in [3.63, 3.8) is 0 Å². The Morgan fingerprint density at radius 1 is 1.21 bits per heavy atom. The quantitative estimate of drug-likeness (QED) is 0.737. The highest BCUT2D eigenvalue weighted by Gasteiger charge is 2.22. The number of hydrogen-bond acceptors (Lipinski definition) is 3. The zero-order valence-corrected chi connectivity index (χ0v) is 9.00. The van der Waals surface area contributed by atoms with Crippen LogP contribution in [-0.2, 0) is 9.47 Å². The molecule has 0 aromatic rings. The van der Waals surface area contributed by atoms with Gasteiger partial charge in [0.05, 0.1) is 18.8 Å². The molecule has 1 N–H and O–H groups in total. The Balaban J connectivity index is 1.54. The van der Waals surface area contributed by atoms with E-state index in [0.717, 1.165) is 32.2 Å². The highest BCUT2D eigenvalue weighted by molar-refractivity contribution is 4.74. The standard InChI is InChI=1S/C11H21NO2/c1-9-2-3-11(14-9)7-12-6-10-4-5-13-8-10/h9-12H,2-8H2,1H3. The van der Waals surface area contributed by atoms with Gasteiger partial charge in [0.25, 0.3) is 0 Å². The minimum Gasteiger partial charge on any atom is -0.381 e. The molecule has 0 bridgehead atoms. The van der Waals surface area contributed by atoms with Crippen LogP contribution in [0.15, 0.2) is 0 Å². The second-order valence-electron chi connectivity index (χ2n) is 4.53. The summed E-state index contributed by atoms with van der Waals surface area (Å²) in [7, 11) is 0. The van der Waals surface area contributed by atoms with Crippen LogP contribution in [-0.4, -0.2) is 38.5 Å². The Kier molecular flexibility index (Phi) is 3.79. The molecular formula is C11H21NO2. The van der Waals surface area contributed by atoms with E-state index < -0.39 is 0 Å². The predicted molar refractivity (Wildman–Crippen MR) is 55.4 cm³/mol. The number of rotatable bonds is 4. The topological polar surface area (TPSA) is 30.5 Å². The summed E-state index contributed by atoms with van der Waals surface area (Å²) in [6.07, 6.45) is 4.58. The molecule has 3 unspecified atom stereocenters. The molecule has 2 heterocycles. The minimum absolute atomic E-state index is 0.451. The Hall–Kier alpha value is -0.120. The molecule has 2 rings (SSSR count). The Morgan fingerprint density at radius 2 is 2.14 bits per heavy atom. The van der Waals surface area contributed by atoms with Crippen molar-refractivity contribution in [2.24, 2.45) is 5.92 Å². The highest BCUT2D eigenvalue weighted by Crippen LogP contribution is 2.18. The molecule has 3 nitrogen and oxygen atoms in total. The second kappa shape index (κ2) is 5.10. The SMILES string of the molecule is CC1CCC(CNCC2CCOC2)O1. The maximum Gasteiger partial charge on any atom is 0.0704 e. The van der Waals surface area contributed by atoms with Crippen molar-refractivity contribution in [2.45, 2.75) is 38.4 Å². The maximum atomic E-state index is 5.73. The maximum absolute atomic E-state index is 5.73. The van der Waals surface area contributed by atoms with E-state index in [9.17, 15) is 0 Å². The van der Waals surface area contributed by atoms with Crippen LogP contribution in [0, 0.1) is 5.92 Å². The van der Waals surface area contributed by atoms with Crippen LogP contribution < -0.4 is 5.32 Å². The van der Waals surface area contributed by atoms with E-state index in [4.69, 9.17) is 9.47 Å². The summed E-state index contributed by atoms with van der Waals surface area (Å²) in [6.45, 7) is 6.15. The van der Waals surface area contributed by atoms with Crippen molar-refractivity contribution in [1.29, 1.82) is 0 Å². The van der Waals surface area contributed by atoms with Crippen LogP contribution in [0.1, 0.15) is 26.2 Å². The molecule has 2 saturated heterocycles. The van der Waals surface area contributed by atoms with E-state index in [-0.39, 0.29) is 0 Å². The summed E-state index contributed by atoms with van der Waals surface area (Å²) < 4.78 is 11.1. The molecule has 0 amide bonds. The molecule has 0 aliphatic carbocycles. The van der Waals surface area contributed by atoms with Gasteiger partial charge >= 0.3 is 0 Å². The Bertz CT molecular complexity index is 169. The summed E-state index contributed by atoms with van der Waals surface area (Å²) in [4.78, 5) is 0.